The first-order valence-corrected chi connectivity index (χ1v) is 8.21. The van der Waals surface area contributed by atoms with Crippen molar-refractivity contribution < 1.29 is 14.6 Å². The molecule has 0 aromatic heterocycles. The molecule has 4 nitrogen and oxygen atoms in total. The van der Waals surface area contributed by atoms with Gasteiger partial charge in [0, 0.05) is 32.8 Å². The molecule has 1 saturated carbocycles. The average Bonchev–Trinajstić information content (AvgIpc) is 2.92. The summed E-state index contributed by atoms with van der Waals surface area (Å²) in [5.74, 6) is 0.861. The molecule has 0 radical (unpaired) electrons. The van der Waals surface area contributed by atoms with Crippen molar-refractivity contribution in [2.24, 2.45) is 5.92 Å². The van der Waals surface area contributed by atoms with E-state index in [1.165, 1.54) is 38.5 Å². The largest absolute Gasteiger partial charge is 0.389 e. The fraction of sp³-hybridized carbons (Fsp3) is 1.00. The van der Waals surface area contributed by atoms with Crippen molar-refractivity contribution in [2.75, 3.05) is 33.4 Å². The Balaban J connectivity index is 1.87. The van der Waals surface area contributed by atoms with Gasteiger partial charge >= 0.3 is 0 Å². The number of aliphatic hydroxyl groups is 1. The maximum Gasteiger partial charge on any atom is 0.0900 e. The van der Waals surface area contributed by atoms with E-state index >= 15 is 0 Å². The van der Waals surface area contributed by atoms with Crippen molar-refractivity contribution in [3.63, 3.8) is 0 Å². The van der Waals surface area contributed by atoms with Crippen molar-refractivity contribution in [3.8, 4) is 0 Å². The van der Waals surface area contributed by atoms with E-state index in [2.05, 4.69) is 11.8 Å². The highest BCUT2D eigenvalue weighted by Gasteiger charge is 2.28. The van der Waals surface area contributed by atoms with Crippen molar-refractivity contribution >= 4 is 0 Å². The highest BCUT2D eigenvalue weighted by Crippen LogP contribution is 2.28. The van der Waals surface area contributed by atoms with Gasteiger partial charge in [0.2, 0.25) is 0 Å². The molecular weight excluding hydrogens is 254 g/mol. The van der Waals surface area contributed by atoms with E-state index in [9.17, 15) is 5.11 Å². The maximum atomic E-state index is 10.1. The van der Waals surface area contributed by atoms with E-state index in [1.54, 1.807) is 7.11 Å². The zero-order chi connectivity index (χ0) is 14.4. The number of rotatable bonds is 7. The SMILES string of the molecule is COC[C@@H](O)CN(C[C@H]1CCCO1)C1CCC(C)CC1. The molecule has 0 amide bonds. The summed E-state index contributed by atoms with van der Waals surface area (Å²) in [6, 6.07) is 0.613. The quantitative estimate of drug-likeness (QED) is 0.777. The lowest BCUT2D eigenvalue weighted by atomic mass is 9.86. The third-order valence-corrected chi connectivity index (χ3v) is 4.77. The predicted molar refractivity (Wildman–Crippen MR) is 79.8 cm³/mol. The van der Waals surface area contributed by atoms with Gasteiger partial charge in [0.1, 0.15) is 0 Å². The second-order valence-electron chi connectivity index (χ2n) is 6.61. The molecule has 1 aliphatic carbocycles. The van der Waals surface area contributed by atoms with Gasteiger partial charge in [-0.3, -0.25) is 4.90 Å². The van der Waals surface area contributed by atoms with Crippen LogP contribution in [0.4, 0.5) is 0 Å². The van der Waals surface area contributed by atoms with Crippen LogP contribution < -0.4 is 0 Å². The summed E-state index contributed by atoms with van der Waals surface area (Å²) < 4.78 is 10.9. The maximum absolute atomic E-state index is 10.1. The van der Waals surface area contributed by atoms with Crippen LogP contribution in [0.5, 0.6) is 0 Å². The highest BCUT2D eigenvalue weighted by molar-refractivity contribution is 4.82. The minimum Gasteiger partial charge on any atom is -0.389 e. The van der Waals surface area contributed by atoms with Crippen LogP contribution in [-0.2, 0) is 9.47 Å². The summed E-state index contributed by atoms with van der Waals surface area (Å²) in [5.41, 5.74) is 0. The molecule has 118 valence electrons. The minimum absolute atomic E-state index is 0.365. The highest BCUT2D eigenvalue weighted by atomic mass is 16.5. The first-order valence-electron chi connectivity index (χ1n) is 8.21. The van der Waals surface area contributed by atoms with Crippen molar-refractivity contribution in [1.82, 2.24) is 4.90 Å². The van der Waals surface area contributed by atoms with E-state index in [-0.39, 0.29) is 6.10 Å². The summed E-state index contributed by atoms with van der Waals surface area (Å²) in [6.07, 6.45) is 7.46. The van der Waals surface area contributed by atoms with Crippen LogP contribution in [0.3, 0.4) is 0 Å². The Morgan fingerprint density at radius 1 is 1.25 bits per heavy atom. The molecule has 4 heteroatoms. The van der Waals surface area contributed by atoms with Crippen molar-refractivity contribution in [3.05, 3.63) is 0 Å². The molecule has 0 spiro atoms. The summed E-state index contributed by atoms with van der Waals surface area (Å²) in [5, 5.41) is 10.1. The minimum atomic E-state index is -0.388. The number of hydrogen-bond donors (Lipinski definition) is 1. The van der Waals surface area contributed by atoms with Crippen LogP contribution in [0.2, 0.25) is 0 Å². The van der Waals surface area contributed by atoms with Gasteiger partial charge in [-0.25, -0.2) is 0 Å². The molecule has 2 atom stereocenters. The summed E-state index contributed by atoms with van der Waals surface area (Å²) in [7, 11) is 1.65. The number of methoxy groups -OCH3 is 1. The zero-order valence-corrected chi connectivity index (χ0v) is 13.1. The predicted octanol–water partition coefficient (Wildman–Crippen LogP) is 2.05. The fourth-order valence-corrected chi connectivity index (χ4v) is 3.55. The van der Waals surface area contributed by atoms with E-state index in [4.69, 9.17) is 9.47 Å². The van der Waals surface area contributed by atoms with Crippen LogP contribution in [0.15, 0.2) is 0 Å². The van der Waals surface area contributed by atoms with E-state index in [1.807, 2.05) is 0 Å². The molecule has 2 fully saturated rings. The molecule has 1 heterocycles. The van der Waals surface area contributed by atoms with Gasteiger partial charge in [-0.2, -0.15) is 0 Å². The zero-order valence-electron chi connectivity index (χ0n) is 13.1. The molecule has 1 aliphatic heterocycles. The monoisotopic (exact) mass is 285 g/mol. The fourth-order valence-electron chi connectivity index (χ4n) is 3.55. The van der Waals surface area contributed by atoms with Crippen LogP contribution in [0.25, 0.3) is 0 Å². The summed E-state index contributed by atoms with van der Waals surface area (Å²) in [4.78, 5) is 2.46. The Kier molecular flexibility index (Phi) is 6.75. The Morgan fingerprint density at radius 2 is 2.00 bits per heavy atom. The van der Waals surface area contributed by atoms with Gasteiger partial charge in [0.25, 0.3) is 0 Å². The molecule has 1 saturated heterocycles. The number of hydrogen-bond acceptors (Lipinski definition) is 4. The molecule has 2 aliphatic rings. The lowest BCUT2D eigenvalue weighted by Crippen LogP contribution is -2.46. The van der Waals surface area contributed by atoms with Gasteiger partial charge in [0.15, 0.2) is 0 Å². The van der Waals surface area contributed by atoms with Gasteiger partial charge < -0.3 is 14.6 Å². The van der Waals surface area contributed by atoms with E-state index in [0.717, 1.165) is 19.1 Å². The van der Waals surface area contributed by atoms with Crippen LogP contribution in [0.1, 0.15) is 45.4 Å². The average molecular weight is 285 g/mol. The summed E-state index contributed by atoms with van der Waals surface area (Å²) >= 11 is 0. The molecule has 0 bridgehead atoms. The third kappa shape index (κ3) is 4.99. The molecule has 0 unspecified atom stereocenters. The Labute approximate surface area is 123 Å². The normalized spacial score (nSPS) is 32.7. The molecular formula is C16H31NO3. The molecule has 2 rings (SSSR count). The van der Waals surface area contributed by atoms with Crippen LogP contribution in [-0.4, -0.2) is 61.7 Å². The Bertz CT molecular complexity index is 260. The second kappa shape index (κ2) is 8.32. The van der Waals surface area contributed by atoms with E-state index < -0.39 is 0 Å². The number of aliphatic hydroxyl groups excluding tert-OH is 1. The first kappa shape index (κ1) is 16.2. The Hall–Kier alpha value is -0.160. The van der Waals surface area contributed by atoms with E-state index in [0.29, 0.717) is 25.3 Å². The number of ether oxygens (including phenoxy) is 2. The molecule has 0 aromatic carbocycles. The standard InChI is InChI=1S/C16H31NO3/c1-13-5-7-14(8-6-13)17(10-15(18)12-19-2)11-16-4-3-9-20-16/h13-16,18H,3-12H2,1-2H3/t13?,14?,15-,16+/m0/s1. The summed E-state index contributed by atoms with van der Waals surface area (Å²) in [6.45, 7) is 5.36. The number of nitrogens with zero attached hydrogens (tertiary/aromatic N) is 1. The van der Waals surface area contributed by atoms with Crippen LogP contribution >= 0.6 is 0 Å². The lowest BCUT2D eigenvalue weighted by Gasteiger charge is -2.38. The molecule has 1 N–H and O–H groups in total. The topological polar surface area (TPSA) is 41.9 Å². The van der Waals surface area contributed by atoms with Gasteiger partial charge in [-0.05, 0) is 44.4 Å². The lowest BCUT2D eigenvalue weighted by molar-refractivity contribution is -0.00428. The third-order valence-electron chi connectivity index (χ3n) is 4.77. The van der Waals surface area contributed by atoms with Gasteiger partial charge in [-0.1, -0.05) is 6.92 Å². The van der Waals surface area contributed by atoms with Crippen molar-refractivity contribution in [2.45, 2.75) is 63.7 Å². The van der Waals surface area contributed by atoms with Crippen LogP contribution in [0, 0.1) is 5.92 Å². The second-order valence-corrected chi connectivity index (χ2v) is 6.61. The smallest absolute Gasteiger partial charge is 0.0900 e. The Morgan fingerprint density at radius 3 is 2.60 bits per heavy atom. The van der Waals surface area contributed by atoms with Crippen molar-refractivity contribution in [1.29, 1.82) is 0 Å². The first-order chi connectivity index (χ1) is 9.69. The van der Waals surface area contributed by atoms with Gasteiger partial charge in [-0.15, -0.1) is 0 Å². The molecule has 0 aromatic rings. The molecule has 20 heavy (non-hydrogen) atoms. The van der Waals surface area contributed by atoms with Gasteiger partial charge in [0.05, 0.1) is 18.8 Å².